The van der Waals surface area contributed by atoms with Crippen LogP contribution in [0.2, 0.25) is 0 Å². The molecule has 0 saturated carbocycles. The molecule has 0 aliphatic carbocycles. The van der Waals surface area contributed by atoms with Crippen molar-refractivity contribution in [1.82, 2.24) is 0 Å². The normalized spacial score (nSPS) is 12.0. The fourth-order valence-electron chi connectivity index (χ4n) is 2.54. The molecule has 1 aromatic carbocycles. The van der Waals surface area contributed by atoms with Gasteiger partial charge in [-0.1, -0.05) is 19.9 Å². The Morgan fingerprint density at radius 3 is 2.29 bits per heavy atom. The van der Waals surface area contributed by atoms with Crippen molar-refractivity contribution in [1.29, 1.82) is 0 Å². The molecular weight excluding hydrogens is 281 g/mol. The van der Waals surface area contributed by atoms with Crippen molar-refractivity contribution in [2.24, 2.45) is 5.73 Å². The summed E-state index contributed by atoms with van der Waals surface area (Å²) in [5.41, 5.74) is 5.25. The lowest BCUT2D eigenvalue weighted by atomic mass is 10.0. The Labute approximate surface area is 123 Å². The maximum atomic E-state index is 13.1. The molecule has 120 valence electrons. The number of nitrogens with zero attached hydrogens (tertiary/aromatic N) is 1. The van der Waals surface area contributed by atoms with Gasteiger partial charge in [-0.15, -0.1) is 0 Å². The highest BCUT2D eigenvalue weighted by atomic mass is 19.4. The topological polar surface area (TPSA) is 49.5 Å². The molecule has 21 heavy (non-hydrogen) atoms. The number of rotatable bonds is 7. The lowest BCUT2D eigenvalue weighted by molar-refractivity contribution is -0.138. The number of benzene rings is 1. The van der Waals surface area contributed by atoms with E-state index in [1.165, 1.54) is 6.07 Å². The third-order valence-electron chi connectivity index (χ3n) is 3.67. The van der Waals surface area contributed by atoms with Gasteiger partial charge in [0.25, 0.3) is 0 Å². The number of aliphatic hydroxyl groups excluding tert-OH is 1. The van der Waals surface area contributed by atoms with E-state index in [1.807, 2.05) is 18.7 Å². The van der Waals surface area contributed by atoms with Gasteiger partial charge in [-0.25, -0.2) is 0 Å². The van der Waals surface area contributed by atoms with Crippen LogP contribution >= 0.6 is 0 Å². The van der Waals surface area contributed by atoms with Gasteiger partial charge in [0.05, 0.1) is 12.2 Å². The third kappa shape index (κ3) is 4.35. The molecule has 0 spiro atoms. The predicted molar refractivity (Wildman–Crippen MR) is 78.1 cm³/mol. The maximum absolute atomic E-state index is 13.1. The third-order valence-corrected chi connectivity index (χ3v) is 3.67. The first-order valence-electron chi connectivity index (χ1n) is 7.16. The van der Waals surface area contributed by atoms with Crippen LogP contribution in [0.1, 0.15) is 37.8 Å². The van der Waals surface area contributed by atoms with E-state index in [-0.39, 0.29) is 24.8 Å². The minimum absolute atomic E-state index is 0.0831. The van der Waals surface area contributed by atoms with Gasteiger partial charge in [0.2, 0.25) is 0 Å². The molecule has 0 aliphatic rings. The van der Waals surface area contributed by atoms with Gasteiger partial charge in [0.15, 0.2) is 0 Å². The van der Waals surface area contributed by atoms with Crippen LogP contribution < -0.4 is 10.6 Å². The Morgan fingerprint density at radius 2 is 1.86 bits per heavy atom. The number of hydrogen-bond donors (Lipinski definition) is 2. The van der Waals surface area contributed by atoms with Crippen molar-refractivity contribution in [2.75, 3.05) is 18.1 Å². The Hall–Kier alpha value is -1.27. The number of alkyl halides is 3. The van der Waals surface area contributed by atoms with Gasteiger partial charge < -0.3 is 15.7 Å². The summed E-state index contributed by atoms with van der Waals surface area (Å²) in [6.07, 6.45) is -2.82. The summed E-state index contributed by atoms with van der Waals surface area (Å²) in [7, 11) is 0. The van der Waals surface area contributed by atoms with E-state index in [2.05, 4.69) is 0 Å². The molecule has 6 heteroatoms. The Morgan fingerprint density at radius 1 is 1.24 bits per heavy atom. The fourth-order valence-corrected chi connectivity index (χ4v) is 2.54. The summed E-state index contributed by atoms with van der Waals surface area (Å²) in [6.45, 7) is 4.02. The zero-order valence-electron chi connectivity index (χ0n) is 12.5. The Balaban J connectivity index is 3.26. The van der Waals surface area contributed by atoms with Crippen LogP contribution in [0.5, 0.6) is 0 Å². The molecule has 3 nitrogen and oxygen atoms in total. The number of anilines is 1. The molecule has 0 amide bonds. The van der Waals surface area contributed by atoms with Crippen molar-refractivity contribution in [3.05, 3.63) is 29.3 Å². The average molecular weight is 304 g/mol. The molecule has 0 fully saturated rings. The monoisotopic (exact) mass is 304 g/mol. The minimum Gasteiger partial charge on any atom is -0.395 e. The largest absolute Gasteiger partial charge is 0.416 e. The minimum atomic E-state index is -4.43. The molecule has 0 aromatic heterocycles. The summed E-state index contributed by atoms with van der Waals surface area (Å²) in [5, 5.41) is 9.18. The number of aliphatic hydroxyl groups is 1. The fraction of sp³-hybridized carbons (Fsp3) is 0.600. The lowest BCUT2D eigenvalue weighted by Gasteiger charge is -2.33. The molecule has 0 heterocycles. The lowest BCUT2D eigenvalue weighted by Crippen LogP contribution is -2.37. The molecular formula is C15H23F3N2O. The van der Waals surface area contributed by atoms with Crippen LogP contribution in [0.15, 0.2) is 18.2 Å². The van der Waals surface area contributed by atoms with Crippen LogP contribution in [0.25, 0.3) is 0 Å². The van der Waals surface area contributed by atoms with Gasteiger partial charge >= 0.3 is 6.18 Å². The first-order valence-corrected chi connectivity index (χ1v) is 7.16. The summed E-state index contributed by atoms with van der Waals surface area (Å²) >= 11 is 0. The Kier molecular flexibility index (Phi) is 6.48. The summed E-state index contributed by atoms with van der Waals surface area (Å²) < 4.78 is 39.3. The highest BCUT2D eigenvalue weighted by molar-refractivity contribution is 5.52. The van der Waals surface area contributed by atoms with E-state index in [1.54, 1.807) is 6.07 Å². The quantitative estimate of drug-likeness (QED) is 0.813. The SMILES string of the molecule is CCC(CC)N(CCO)c1ccc(CN)c(C(F)(F)F)c1. The van der Waals surface area contributed by atoms with Crippen LogP contribution in [-0.2, 0) is 12.7 Å². The number of nitrogens with two attached hydrogens (primary N) is 1. The second kappa shape index (κ2) is 7.66. The summed E-state index contributed by atoms with van der Waals surface area (Å²) in [5.74, 6) is 0. The van der Waals surface area contributed by atoms with Crippen molar-refractivity contribution in [2.45, 2.75) is 45.5 Å². The number of hydrogen-bond acceptors (Lipinski definition) is 3. The van der Waals surface area contributed by atoms with E-state index in [0.717, 1.165) is 18.9 Å². The smallest absolute Gasteiger partial charge is 0.395 e. The van der Waals surface area contributed by atoms with Gasteiger partial charge in [0.1, 0.15) is 0 Å². The van der Waals surface area contributed by atoms with Gasteiger partial charge in [-0.05, 0) is 30.5 Å². The second-order valence-electron chi connectivity index (χ2n) is 4.93. The number of halogens is 3. The van der Waals surface area contributed by atoms with Gasteiger partial charge in [-0.2, -0.15) is 13.2 Å². The second-order valence-corrected chi connectivity index (χ2v) is 4.93. The molecule has 0 bridgehead atoms. The molecule has 0 atom stereocenters. The first kappa shape index (κ1) is 17.8. The van der Waals surface area contributed by atoms with E-state index >= 15 is 0 Å². The van der Waals surface area contributed by atoms with Gasteiger partial charge in [-0.3, -0.25) is 0 Å². The molecule has 0 saturated heterocycles. The van der Waals surface area contributed by atoms with E-state index in [9.17, 15) is 18.3 Å². The van der Waals surface area contributed by atoms with Crippen LogP contribution in [-0.4, -0.2) is 24.3 Å². The molecule has 1 aromatic rings. The first-order chi connectivity index (χ1) is 9.88. The van der Waals surface area contributed by atoms with Crippen molar-refractivity contribution in [3.8, 4) is 0 Å². The summed E-state index contributed by atoms with van der Waals surface area (Å²) in [6, 6.07) is 4.30. The molecule has 3 N–H and O–H groups in total. The zero-order valence-corrected chi connectivity index (χ0v) is 12.5. The van der Waals surface area contributed by atoms with Crippen LogP contribution in [0.3, 0.4) is 0 Å². The van der Waals surface area contributed by atoms with E-state index in [4.69, 9.17) is 5.73 Å². The summed E-state index contributed by atoms with van der Waals surface area (Å²) in [4.78, 5) is 1.83. The van der Waals surface area contributed by atoms with Gasteiger partial charge in [0, 0.05) is 24.8 Å². The predicted octanol–water partition coefficient (Wildman–Crippen LogP) is 3.15. The van der Waals surface area contributed by atoms with E-state index < -0.39 is 11.7 Å². The highest BCUT2D eigenvalue weighted by Gasteiger charge is 2.33. The van der Waals surface area contributed by atoms with Crippen LogP contribution in [0.4, 0.5) is 18.9 Å². The van der Waals surface area contributed by atoms with Crippen molar-refractivity contribution in [3.63, 3.8) is 0 Å². The molecule has 1 rings (SSSR count). The molecule has 0 aliphatic heterocycles. The Bertz CT molecular complexity index is 445. The standard InChI is InChI=1S/C15H23F3N2O/c1-3-12(4-2)20(7-8-21)13-6-5-11(10-19)14(9-13)15(16,17)18/h5-6,9,12,21H,3-4,7-8,10,19H2,1-2H3. The van der Waals surface area contributed by atoms with Crippen molar-refractivity contribution >= 4 is 5.69 Å². The maximum Gasteiger partial charge on any atom is 0.416 e. The average Bonchev–Trinajstić information content (AvgIpc) is 2.46. The molecule has 0 unspecified atom stereocenters. The van der Waals surface area contributed by atoms with Crippen LogP contribution in [0, 0.1) is 0 Å². The van der Waals surface area contributed by atoms with Crippen molar-refractivity contribution < 1.29 is 18.3 Å². The highest BCUT2D eigenvalue weighted by Crippen LogP contribution is 2.35. The zero-order chi connectivity index (χ0) is 16.0. The molecule has 0 radical (unpaired) electrons. The van der Waals surface area contributed by atoms with E-state index in [0.29, 0.717) is 12.2 Å².